The van der Waals surface area contributed by atoms with Gasteiger partial charge in [-0.2, -0.15) is 5.10 Å². The van der Waals surface area contributed by atoms with Gasteiger partial charge in [0.2, 0.25) is 5.91 Å². The maximum absolute atomic E-state index is 11.9. The number of anilines is 1. The Balaban J connectivity index is 2.12. The lowest BCUT2D eigenvalue weighted by atomic mass is 10.1. The zero-order valence-corrected chi connectivity index (χ0v) is 11.1. The van der Waals surface area contributed by atoms with Gasteiger partial charge in [-0.25, -0.2) is 5.01 Å². The number of carbonyl (C=O) groups is 1. The minimum atomic E-state index is -0.498. The third kappa shape index (κ3) is 3.13. The van der Waals surface area contributed by atoms with Crippen molar-refractivity contribution in [1.29, 1.82) is 0 Å². The zero-order valence-electron chi connectivity index (χ0n) is 11.1. The molecule has 5 nitrogen and oxygen atoms in total. The van der Waals surface area contributed by atoms with Gasteiger partial charge in [-0.3, -0.25) is 4.79 Å². The topological polar surface area (TPSA) is 70.7 Å². The van der Waals surface area contributed by atoms with Gasteiger partial charge in [0.15, 0.2) is 0 Å². The lowest BCUT2D eigenvalue weighted by Gasteiger charge is -2.23. The molecular formula is C14H18N4O. The van der Waals surface area contributed by atoms with Crippen molar-refractivity contribution in [3.63, 3.8) is 0 Å². The van der Waals surface area contributed by atoms with Crippen molar-refractivity contribution in [1.82, 2.24) is 5.32 Å². The van der Waals surface area contributed by atoms with Gasteiger partial charge in [0.25, 0.3) is 0 Å². The van der Waals surface area contributed by atoms with Gasteiger partial charge in [-0.05, 0) is 32.1 Å². The lowest BCUT2D eigenvalue weighted by molar-refractivity contribution is -0.122. The minimum absolute atomic E-state index is 0.0841. The number of nitrogens with one attached hydrogen (secondary N) is 1. The summed E-state index contributed by atoms with van der Waals surface area (Å²) in [5, 5.41) is 8.73. The number of hydrogen-bond acceptors (Lipinski definition) is 4. The van der Waals surface area contributed by atoms with Crippen molar-refractivity contribution < 1.29 is 4.79 Å². The van der Waals surface area contributed by atoms with Crippen LogP contribution in [0, 0.1) is 5.92 Å². The number of nitrogens with zero attached hydrogens (tertiary/aromatic N) is 2. The Morgan fingerprint density at radius 2 is 2.05 bits per heavy atom. The van der Waals surface area contributed by atoms with Crippen molar-refractivity contribution in [2.24, 2.45) is 16.8 Å². The van der Waals surface area contributed by atoms with Crippen LogP contribution in [-0.4, -0.2) is 17.8 Å². The number of amidine groups is 1. The summed E-state index contributed by atoms with van der Waals surface area (Å²) in [5.41, 5.74) is 6.79. The molecule has 0 aliphatic carbocycles. The van der Waals surface area contributed by atoms with Gasteiger partial charge in [0.05, 0.1) is 5.69 Å². The standard InChI is InChI=1S/C14H18N4O/c1-10(2)16-14(19)12-8-9-18(17-13(12)15)11-6-4-3-5-7-11/h3-10,12H,1-2H3,(H2,15,17)(H,16,19). The van der Waals surface area contributed by atoms with E-state index in [1.54, 1.807) is 17.3 Å². The Morgan fingerprint density at radius 3 is 2.63 bits per heavy atom. The molecule has 1 atom stereocenters. The first-order valence-electron chi connectivity index (χ1n) is 6.25. The molecule has 1 amide bonds. The maximum atomic E-state index is 11.9. The highest BCUT2D eigenvalue weighted by Gasteiger charge is 2.24. The Kier molecular flexibility index (Phi) is 3.85. The van der Waals surface area contributed by atoms with Crippen LogP contribution in [0.5, 0.6) is 0 Å². The maximum Gasteiger partial charge on any atom is 0.234 e. The summed E-state index contributed by atoms with van der Waals surface area (Å²) in [7, 11) is 0. The molecule has 1 aromatic carbocycles. The van der Waals surface area contributed by atoms with Gasteiger partial charge >= 0.3 is 0 Å². The predicted octanol–water partition coefficient (Wildman–Crippen LogP) is 1.43. The van der Waals surface area contributed by atoms with Crippen LogP contribution in [0.3, 0.4) is 0 Å². The number of nitrogens with two attached hydrogens (primary N) is 1. The quantitative estimate of drug-likeness (QED) is 0.861. The number of hydrogen-bond donors (Lipinski definition) is 2. The number of carbonyl (C=O) groups excluding carboxylic acids is 1. The number of rotatable bonds is 3. The third-order valence-electron chi connectivity index (χ3n) is 2.70. The van der Waals surface area contributed by atoms with Crippen LogP contribution in [0.15, 0.2) is 47.7 Å². The number of hydrazone groups is 1. The molecule has 0 bridgehead atoms. The van der Waals surface area contributed by atoms with Crippen LogP contribution in [0.4, 0.5) is 5.69 Å². The summed E-state index contributed by atoms with van der Waals surface area (Å²) < 4.78 is 0. The first-order chi connectivity index (χ1) is 9.08. The Labute approximate surface area is 112 Å². The molecule has 5 heteroatoms. The van der Waals surface area contributed by atoms with Crippen molar-refractivity contribution in [3.8, 4) is 0 Å². The van der Waals surface area contributed by atoms with E-state index >= 15 is 0 Å². The Morgan fingerprint density at radius 1 is 1.37 bits per heavy atom. The van der Waals surface area contributed by atoms with Crippen LogP contribution >= 0.6 is 0 Å². The second-order valence-electron chi connectivity index (χ2n) is 4.69. The average molecular weight is 258 g/mol. The number of para-hydroxylation sites is 1. The summed E-state index contributed by atoms with van der Waals surface area (Å²) >= 11 is 0. The van der Waals surface area contributed by atoms with Gasteiger partial charge in [0.1, 0.15) is 11.8 Å². The molecule has 2 rings (SSSR count). The predicted molar refractivity (Wildman–Crippen MR) is 76.5 cm³/mol. The van der Waals surface area contributed by atoms with E-state index in [2.05, 4.69) is 10.4 Å². The molecule has 3 N–H and O–H groups in total. The Hall–Kier alpha value is -2.30. The summed E-state index contributed by atoms with van der Waals surface area (Å²) in [6.45, 7) is 3.82. The molecule has 19 heavy (non-hydrogen) atoms. The van der Waals surface area contributed by atoms with Crippen molar-refractivity contribution in [2.75, 3.05) is 5.01 Å². The van der Waals surface area contributed by atoms with Crippen molar-refractivity contribution in [2.45, 2.75) is 19.9 Å². The molecule has 1 aliphatic rings. The second kappa shape index (κ2) is 5.56. The Bertz CT molecular complexity index is 507. The molecule has 1 aromatic rings. The van der Waals surface area contributed by atoms with Crippen LogP contribution in [0.25, 0.3) is 0 Å². The molecule has 1 unspecified atom stereocenters. The highest BCUT2D eigenvalue weighted by Crippen LogP contribution is 2.18. The smallest absolute Gasteiger partial charge is 0.234 e. The molecular weight excluding hydrogens is 240 g/mol. The molecule has 1 heterocycles. The summed E-state index contributed by atoms with van der Waals surface area (Å²) in [5.74, 6) is -0.327. The van der Waals surface area contributed by atoms with Gasteiger partial charge in [-0.1, -0.05) is 18.2 Å². The van der Waals surface area contributed by atoms with E-state index in [0.29, 0.717) is 5.84 Å². The SMILES string of the molecule is CC(C)NC(=O)C1C=CN(c2ccccc2)N=C1N. The van der Waals surface area contributed by atoms with E-state index in [1.165, 1.54) is 0 Å². The van der Waals surface area contributed by atoms with Crippen molar-refractivity contribution >= 4 is 17.4 Å². The first-order valence-corrected chi connectivity index (χ1v) is 6.25. The fourth-order valence-electron chi connectivity index (χ4n) is 1.81. The molecule has 0 saturated heterocycles. The van der Waals surface area contributed by atoms with Gasteiger partial charge < -0.3 is 11.1 Å². The third-order valence-corrected chi connectivity index (χ3v) is 2.70. The molecule has 1 aliphatic heterocycles. The largest absolute Gasteiger partial charge is 0.385 e. The molecule has 100 valence electrons. The normalized spacial score (nSPS) is 18.4. The monoisotopic (exact) mass is 258 g/mol. The fourth-order valence-corrected chi connectivity index (χ4v) is 1.81. The van der Waals surface area contributed by atoms with Gasteiger partial charge in [-0.15, -0.1) is 0 Å². The molecule has 0 spiro atoms. The molecule has 0 fully saturated rings. The van der Waals surface area contributed by atoms with Crippen LogP contribution in [0.2, 0.25) is 0 Å². The fraction of sp³-hybridized carbons (Fsp3) is 0.286. The minimum Gasteiger partial charge on any atom is -0.385 e. The van der Waals surface area contributed by atoms with Crippen LogP contribution < -0.4 is 16.1 Å². The molecule has 0 aromatic heterocycles. The van der Waals surface area contributed by atoms with Crippen LogP contribution in [0.1, 0.15) is 13.8 Å². The van der Waals surface area contributed by atoms with E-state index in [-0.39, 0.29) is 11.9 Å². The summed E-state index contributed by atoms with van der Waals surface area (Å²) in [6.07, 6.45) is 3.52. The average Bonchev–Trinajstić information content (AvgIpc) is 2.38. The lowest BCUT2D eigenvalue weighted by Crippen LogP contribution is -2.43. The van der Waals surface area contributed by atoms with E-state index in [4.69, 9.17) is 5.73 Å². The van der Waals surface area contributed by atoms with Crippen molar-refractivity contribution in [3.05, 3.63) is 42.6 Å². The second-order valence-corrected chi connectivity index (χ2v) is 4.69. The molecule has 0 radical (unpaired) electrons. The van der Waals surface area contributed by atoms with E-state index in [0.717, 1.165) is 5.69 Å². The molecule has 0 saturated carbocycles. The highest BCUT2D eigenvalue weighted by molar-refractivity contribution is 6.05. The van der Waals surface area contributed by atoms with E-state index < -0.39 is 5.92 Å². The number of amides is 1. The number of benzene rings is 1. The van der Waals surface area contributed by atoms with E-state index in [9.17, 15) is 4.79 Å². The van der Waals surface area contributed by atoms with Crippen LogP contribution in [-0.2, 0) is 4.79 Å². The summed E-state index contributed by atoms with van der Waals surface area (Å²) in [4.78, 5) is 11.9. The zero-order chi connectivity index (χ0) is 13.8. The van der Waals surface area contributed by atoms with Gasteiger partial charge in [0, 0.05) is 12.2 Å². The van der Waals surface area contributed by atoms with E-state index in [1.807, 2.05) is 44.2 Å². The first kappa shape index (κ1) is 13.1. The highest BCUT2D eigenvalue weighted by atomic mass is 16.2. The summed E-state index contributed by atoms with van der Waals surface area (Å²) in [6, 6.07) is 9.72.